The molecule has 4 heteroatoms. The molecule has 14 heavy (non-hydrogen) atoms. The zero-order chi connectivity index (χ0) is 9.80. The summed E-state index contributed by atoms with van der Waals surface area (Å²) in [6.45, 7) is 1.56. The summed E-state index contributed by atoms with van der Waals surface area (Å²) in [6.07, 6.45) is 2.61. The second-order valence-corrected chi connectivity index (χ2v) is 3.48. The average molecular weight is 197 g/mol. The third-order valence-corrected chi connectivity index (χ3v) is 2.44. The molecular formula is C10H15NO3. The van der Waals surface area contributed by atoms with E-state index in [0.29, 0.717) is 6.04 Å². The van der Waals surface area contributed by atoms with Gasteiger partial charge in [-0.05, 0) is 18.6 Å². The lowest BCUT2D eigenvalue weighted by atomic mass is 10.2. The van der Waals surface area contributed by atoms with Crippen LogP contribution in [-0.4, -0.2) is 31.0 Å². The highest BCUT2D eigenvalue weighted by Gasteiger charge is 2.21. The molecule has 1 fully saturated rings. The minimum absolute atomic E-state index is 0.0456. The van der Waals surface area contributed by atoms with Crippen molar-refractivity contribution in [2.24, 2.45) is 0 Å². The maximum Gasteiger partial charge on any atom is 0.123 e. The van der Waals surface area contributed by atoms with Crippen molar-refractivity contribution in [1.29, 1.82) is 0 Å². The molecule has 2 N–H and O–H groups in total. The Morgan fingerprint density at radius 2 is 2.57 bits per heavy atom. The number of hydrogen-bond acceptors (Lipinski definition) is 4. The molecular weight excluding hydrogens is 182 g/mol. The highest BCUT2D eigenvalue weighted by Crippen LogP contribution is 2.15. The van der Waals surface area contributed by atoms with Crippen LogP contribution < -0.4 is 5.32 Å². The fourth-order valence-electron chi connectivity index (χ4n) is 1.66. The number of hydrogen-bond donors (Lipinski definition) is 2. The Morgan fingerprint density at radius 1 is 1.64 bits per heavy atom. The number of aliphatic hydroxyl groups is 1. The molecule has 0 aromatic carbocycles. The van der Waals surface area contributed by atoms with Crippen molar-refractivity contribution in [2.45, 2.75) is 18.5 Å². The first-order chi connectivity index (χ1) is 6.90. The number of ether oxygens (including phenoxy) is 1. The van der Waals surface area contributed by atoms with Crippen LogP contribution in [0.5, 0.6) is 0 Å². The number of furan rings is 1. The third kappa shape index (κ3) is 2.15. The number of aliphatic hydroxyl groups excluding tert-OH is 1. The van der Waals surface area contributed by atoms with E-state index in [4.69, 9.17) is 9.15 Å². The topological polar surface area (TPSA) is 54.6 Å². The molecule has 2 rings (SSSR count). The molecule has 78 valence electrons. The molecule has 0 amide bonds. The van der Waals surface area contributed by atoms with Crippen molar-refractivity contribution >= 4 is 0 Å². The van der Waals surface area contributed by atoms with Crippen LogP contribution in [-0.2, 0) is 4.74 Å². The van der Waals surface area contributed by atoms with Crippen LogP contribution in [0.1, 0.15) is 18.2 Å². The molecule has 1 aliphatic rings. The Bertz CT molecular complexity index is 254. The first-order valence-corrected chi connectivity index (χ1v) is 4.88. The fraction of sp³-hybridized carbons (Fsp3) is 0.600. The van der Waals surface area contributed by atoms with Gasteiger partial charge in [0.1, 0.15) is 5.76 Å². The van der Waals surface area contributed by atoms with E-state index in [-0.39, 0.29) is 12.6 Å². The Morgan fingerprint density at radius 3 is 3.14 bits per heavy atom. The van der Waals surface area contributed by atoms with E-state index in [1.54, 1.807) is 6.26 Å². The van der Waals surface area contributed by atoms with Gasteiger partial charge < -0.3 is 19.6 Å². The lowest BCUT2D eigenvalue weighted by Gasteiger charge is -2.17. The highest BCUT2D eigenvalue weighted by molar-refractivity contribution is 5.04. The molecule has 1 aliphatic heterocycles. The van der Waals surface area contributed by atoms with Gasteiger partial charge >= 0.3 is 0 Å². The average Bonchev–Trinajstić information content (AvgIpc) is 2.86. The SMILES string of the molecule is OCC(NC1CCOC1)c1ccco1. The van der Waals surface area contributed by atoms with Gasteiger partial charge in [-0.15, -0.1) is 0 Å². The maximum absolute atomic E-state index is 9.19. The first kappa shape index (κ1) is 9.71. The molecule has 0 bridgehead atoms. The third-order valence-electron chi connectivity index (χ3n) is 2.44. The summed E-state index contributed by atoms with van der Waals surface area (Å²) in [5, 5.41) is 12.5. The van der Waals surface area contributed by atoms with Crippen LogP contribution in [0.3, 0.4) is 0 Å². The van der Waals surface area contributed by atoms with E-state index in [1.807, 2.05) is 12.1 Å². The minimum atomic E-state index is -0.114. The van der Waals surface area contributed by atoms with E-state index in [2.05, 4.69) is 5.32 Å². The smallest absolute Gasteiger partial charge is 0.123 e. The van der Waals surface area contributed by atoms with E-state index in [9.17, 15) is 5.11 Å². The molecule has 0 aliphatic carbocycles. The van der Waals surface area contributed by atoms with Crippen LogP contribution >= 0.6 is 0 Å². The van der Waals surface area contributed by atoms with Crippen molar-refractivity contribution in [1.82, 2.24) is 5.32 Å². The van der Waals surface area contributed by atoms with E-state index in [0.717, 1.165) is 25.4 Å². The van der Waals surface area contributed by atoms with Crippen molar-refractivity contribution in [3.63, 3.8) is 0 Å². The van der Waals surface area contributed by atoms with Gasteiger partial charge in [0.25, 0.3) is 0 Å². The summed E-state index contributed by atoms with van der Waals surface area (Å²) in [7, 11) is 0. The summed E-state index contributed by atoms with van der Waals surface area (Å²) >= 11 is 0. The molecule has 1 saturated heterocycles. The molecule has 0 spiro atoms. The lowest BCUT2D eigenvalue weighted by Crippen LogP contribution is -2.34. The number of nitrogens with one attached hydrogen (secondary N) is 1. The number of rotatable bonds is 4. The standard InChI is InChI=1S/C10H15NO3/c12-6-9(10-2-1-4-14-10)11-8-3-5-13-7-8/h1-2,4,8-9,11-12H,3,5-7H2. The van der Waals surface area contributed by atoms with Crippen LogP contribution in [0, 0.1) is 0 Å². The highest BCUT2D eigenvalue weighted by atomic mass is 16.5. The summed E-state index contributed by atoms with van der Waals surface area (Å²) in [5.74, 6) is 0.777. The normalized spacial score (nSPS) is 23.9. The quantitative estimate of drug-likeness (QED) is 0.745. The van der Waals surface area contributed by atoms with Gasteiger partial charge in [0, 0.05) is 12.6 Å². The van der Waals surface area contributed by atoms with Crippen LogP contribution in [0.4, 0.5) is 0 Å². The summed E-state index contributed by atoms with van der Waals surface area (Å²) in [5.41, 5.74) is 0. The largest absolute Gasteiger partial charge is 0.468 e. The summed E-state index contributed by atoms with van der Waals surface area (Å²) < 4.78 is 10.5. The van der Waals surface area contributed by atoms with Gasteiger partial charge in [0.05, 0.1) is 25.5 Å². The Labute approximate surface area is 82.9 Å². The minimum Gasteiger partial charge on any atom is -0.468 e. The van der Waals surface area contributed by atoms with Gasteiger partial charge in [0.15, 0.2) is 0 Å². The fourth-order valence-corrected chi connectivity index (χ4v) is 1.66. The van der Waals surface area contributed by atoms with Crippen molar-refractivity contribution in [2.75, 3.05) is 19.8 Å². The molecule has 0 radical (unpaired) electrons. The van der Waals surface area contributed by atoms with Crippen LogP contribution in [0.15, 0.2) is 22.8 Å². The predicted molar refractivity (Wildman–Crippen MR) is 50.9 cm³/mol. The van der Waals surface area contributed by atoms with Gasteiger partial charge in [-0.1, -0.05) is 0 Å². The predicted octanol–water partition coefficient (Wildman–Crippen LogP) is 0.691. The van der Waals surface area contributed by atoms with Crippen LogP contribution in [0.2, 0.25) is 0 Å². The monoisotopic (exact) mass is 197 g/mol. The first-order valence-electron chi connectivity index (χ1n) is 4.88. The molecule has 1 aromatic heterocycles. The maximum atomic E-state index is 9.19. The van der Waals surface area contributed by atoms with Crippen molar-refractivity contribution < 1.29 is 14.3 Å². The van der Waals surface area contributed by atoms with Crippen LogP contribution in [0.25, 0.3) is 0 Å². The summed E-state index contributed by atoms with van der Waals surface area (Å²) in [4.78, 5) is 0. The molecule has 2 atom stereocenters. The Balaban J connectivity index is 1.93. The molecule has 0 saturated carbocycles. The zero-order valence-corrected chi connectivity index (χ0v) is 7.98. The second kappa shape index (κ2) is 4.59. The van der Waals surface area contributed by atoms with E-state index in [1.165, 1.54) is 0 Å². The van der Waals surface area contributed by atoms with E-state index < -0.39 is 0 Å². The second-order valence-electron chi connectivity index (χ2n) is 3.48. The van der Waals surface area contributed by atoms with Crippen molar-refractivity contribution in [3.05, 3.63) is 24.2 Å². The van der Waals surface area contributed by atoms with Gasteiger partial charge in [-0.2, -0.15) is 0 Å². The lowest BCUT2D eigenvalue weighted by molar-refractivity contribution is 0.176. The Kier molecular flexibility index (Phi) is 3.18. The van der Waals surface area contributed by atoms with Gasteiger partial charge in [-0.3, -0.25) is 0 Å². The van der Waals surface area contributed by atoms with Crippen molar-refractivity contribution in [3.8, 4) is 0 Å². The summed E-state index contributed by atoms with van der Waals surface area (Å²) in [6, 6.07) is 3.91. The zero-order valence-electron chi connectivity index (χ0n) is 7.98. The molecule has 2 unspecified atom stereocenters. The van der Waals surface area contributed by atoms with E-state index >= 15 is 0 Å². The molecule has 4 nitrogen and oxygen atoms in total. The van der Waals surface area contributed by atoms with Gasteiger partial charge in [-0.25, -0.2) is 0 Å². The molecule has 1 aromatic rings. The Hall–Kier alpha value is -0.840. The van der Waals surface area contributed by atoms with Gasteiger partial charge in [0.2, 0.25) is 0 Å². The molecule has 2 heterocycles.